The number of carbonyl (C=O) groups is 1. The van der Waals surface area contributed by atoms with E-state index in [1.54, 1.807) is 11.3 Å². The molecule has 0 atom stereocenters. The number of nitrogens with one attached hydrogen (secondary N) is 2. The lowest BCUT2D eigenvalue weighted by Gasteiger charge is -2.10. The zero-order valence-corrected chi connectivity index (χ0v) is 13.3. The zero-order valence-electron chi connectivity index (χ0n) is 12.5. The second-order valence-electron chi connectivity index (χ2n) is 4.94. The molecule has 0 aliphatic rings. The molecule has 21 heavy (non-hydrogen) atoms. The molecule has 1 heterocycles. The standard InChI is InChI=1S/C16H21N3OS/c1-3-7-17-15-5-4-13(9-12(15)2)16(20)18-8-6-14-10-21-11-19-14/h4-5,9-11,17H,3,6-8H2,1-2H3,(H,18,20). The predicted octanol–water partition coefficient (Wildman–Crippen LogP) is 3.25. The minimum absolute atomic E-state index is 0.0321. The van der Waals surface area contributed by atoms with Gasteiger partial charge >= 0.3 is 0 Å². The van der Waals surface area contributed by atoms with Gasteiger partial charge in [-0.2, -0.15) is 0 Å². The number of anilines is 1. The molecule has 0 spiro atoms. The zero-order chi connectivity index (χ0) is 15.1. The van der Waals surface area contributed by atoms with Crippen LogP contribution >= 0.6 is 11.3 Å². The van der Waals surface area contributed by atoms with Crippen LogP contribution in [0.1, 0.15) is 35.0 Å². The topological polar surface area (TPSA) is 54.0 Å². The van der Waals surface area contributed by atoms with Crippen LogP contribution in [0.4, 0.5) is 5.69 Å². The first kappa shape index (κ1) is 15.5. The van der Waals surface area contributed by atoms with Crippen LogP contribution in [0.5, 0.6) is 0 Å². The minimum atomic E-state index is -0.0321. The number of nitrogens with zero attached hydrogens (tertiary/aromatic N) is 1. The first-order valence-electron chi connectivity index (χ1n) is 7.20. The summed E-state index contributed by atoms with van der Waals surface area (Å²) in [6, 6.07) is 5.76. The molecule has 4 nitrogen and oxygen atoms in total. The van der Waals surface area contributed by atoms with Gasteiger partial charge in [0.25, 0.3) is 5.91 Å². The largest absolute Gasteiger partial charge is 0.385 e. The number of thiazole rings is 1. The molecular formula is C16H21N3OS. The van der Waals surface area contributed by atoms with Crippen molar-refractivity contribution in [3.05, 3.63) is 45.9 Å². The highest BCUT2D eigenvalue weighted by atomic mass is 32.1. The Labute approximate surface area is 129 Å². The minimum Gasteiger partial charge on any atom is -0.385 e. The molecule has 1 aromatic heterocycles. The van der Waals surface area contributed by atoms with E-state index in [1.807, 2.05) is 36.0 Å². The Kier molecular flexibility index (Phi) is 5.75. The summed E-state index contributed by atoms with van der Waals surface area (Å²) in [7, 11) is 0. The van der Waals surface area contributed by atoms with Gasteiger partial charge in [-0.15, -0.1) is 11.3 Å². The van der Waals surface area contributed by atoms with Crippen molar-refractivity contribution in [2.45, 2.75) is 26.7 Å². The van der Waals surface area contributed by atoms with Crippen LogP contribution in [0.3, 0.4) is 0 Å². The molecule has 2 aromatic rings. The summed E-state index contributed by atoms with van der Waals surface area (Å²) in [5, 5.41) is 8.29. The number of aryl methyl sites for hydroxylation is 1. The predicted molar refractivity (Wildman–Crippen MR) is 88.1 cm³/mol. The van der Waals surface area contributed by atoms with Crippen molar-refractivity contribution in [3.63, 3.8) is 0 Å². The molecule has 2 N–H and O–H groups in total. The Morgan fingerprint density at radius 2 is 2.19 bits per heavy atom. The Balaban J connectivity index is 1.88. The highest BCUT2D eigenvalue weighted by Crippen LogP contribution is 2.16. The lowest BCUT2D eigenvalue weighted by Crippen LogP contribution is -2.25. The van der Waals surface area contributed by atoms with Crippen molar-refractivity contribution in [3.8, 4) is 0 Å². The molecule has 0 bridgehead atoms. The maximum Gasteiger partial charge on any atom is 0.251 e. The van der Waals surface area contributed by atoms with Gasteiger partial charge in [0.2, 0.25) is 0 Å². The van der Waals surface area contributed by atoms with Crippen LogP contribution in [-0.4, -0.2) is 24.0 Å². The highest BCUT2D eigenvalue weighted by molar-refractivity contribution is 7.07. The molecule has 0 aliphatic carbocycles. The smallest absolute Gasteiger partial charge is 0.251 e. The summed E-state index contributed by atoms with van der Waals surface area (Å²) in [5.74, 6) is -0.0321. The molecule has 0 radical (unpaired) electrons. The fourth-order valence-electron chi connectivity index (χ4n) is 2.03. The van der Waals surface area contributed by atoms with Gasteiger partial charge in [0.05, 0.1) is 11.2 Å². The van der Waals surface area contributed by atoms with Gasteiger partial charge in [0.15, 0.2) is 0 Å². The van der Waals surface area contributed by atoms with Crippen molar-refractivity contribution < 1.29 is 4.79 Å². The lowest BCUT2D eigenvalue weighted by molar-refractivity contribution is 0.0954. The second kappa shape index (κ2) is 7.78. The van der Waals surface area contributed by atoms with E-state index in [-0.39, 0.29) is 5.91 Å². The number of hydrogen-bond donors (Lipinski definition) is 2. The van der Waals surface area contributed by atoms with Gasteiger partial charge in [-0.1, -0.05) is 6.92 Å². The Hall–Kier alpha value is -1.88. The molecule has 112 valence electrons. The van der Waals surface area contributed by atoms with E-state index < -0.39 is 0 Å². The van der Waals surface area contributed by atoms with Crippen LogP contribution < -0.4 is 10.6 Å². The van der Waals surface area contributed by atoms with E-state index in [2.05, 4.69) is 22.5 Å². The number of rotatable bonds is 7. The molecule has 0 fully saturated rings. The number of aromatic nitrogens is 1. The maximum absolute atomic E-state index is 12.1. The monoisotopic (exact) mass is 303 g/mol. The summed E-state index contributed by atoms with van der Waals surface area (Å²) in [6.45, 7) is 5.70. The second-order valence-corrected chi connectivity index (χ2v) is 5.66. The highest BCUT2D eigenvalue weighted by Gasteiger charge is 2.07. The average molecular weight is 303 g/mol. The van der Waals surface area contributed by atoms with Gasteiger partial charge in [0, 0.05) is 36.1 Å². The number of hydrogen-bond acceptors (Lipinski definition) is 4. The van der Waals surface area contributed by atoms with E-state index in [1.165, 1.54) is 0 Å². The van der Waals surface area contributed by atoms with Crippen molar-refractivity contribution in [2.24, 2.45) is 0 Å². The molecule has 0 saturated heterocycles. The molecule has 5 heteroatoms. The summed E-state index contributed by atoms with van der Waals surface area (Å²) in [5.41, 5.74) is 5.72. The summed E-state index contributed by atoms with van der Waals surface area (Å²) in [4.78, 5) is 16.3. The quantitative estimate of drug-likeness (QED) is 0.825. The van der Waals surface area contributed by atoms with E-state index in [9.17, 15) is 4.79 Å². The van der Waals surface area contributed by atoms with Crippen LogP contribution in [0.15, 0.2) is 29.1 Å². The molecule has 0 saturated carbocycles. The van der Waals surface area contributed by atoms with Crippen molar-refractivity contribution in [1.82, 2.24) is 10.3 Å². The van der Waals surface area contributed by atoms with Crippen LogP contribution in [0.25, 0.3) is 0 Å². The summed E-state index contributed by atoms with van der Waals surface area (Å²) >= 11 is 1.57. The van der Waals surface area contributed by atoms with Gasteiger partial charge in [-0.3, -0.25) is 4.79 Å². The fourth-order valence-corrected chi connectivity index (χ4v) is 2.62. The van der Waals surface area contributed by atoms with E-state index >= 15 is 0 Å². The third-order valence-electron chi connectivity index (χ3n) is 3.20. The lowest BCUT2D eigenvalue weighted by atomic mass is 10.1. The van der Waals surface area contributed by atoms with Gasteiger partial charge in [-0.05, 0) is 37.1 Å². The SMILES string of the molecule is CCCNc1ccc(C(=O)NCCc2cscn2)cc1C. The molecule has 2 rings (SSSR count). The van der Waals surface area contributed by atoms with E-state index in [0.717, 1.165) is 36.3 Å². The number of benzene rings is 1. The third kappa shape index (κ3) is 4.56. The first-order valence-corrected chi connectivity index (χ1v) is 8.14. The van der Waals surface area contributed by atoms with Gasteiger partial charge < -0.3 is 10.6 Å². The molecule has 0 unspecified atom stereocenters. The van der Waals surface area contributed by atoms with Crippen LogP contribution in [-0.2, 0) is 6.42 Å². The maximum atomic E-state index is 12.1. The van der Waals surface area contributed by atoms with Crippen molar-refractivity contribution in [1.29, 1.82) is 0 Å². The van der Waals surface area contributed by atoms with E-state index in [0.29, 0.717) is 12.1 Å². The first-order chi connectivity index (χ1) is 10.2. The summed E-state index contributed by atoms with van der Waals surface area (Å²) < 4.78 is 0. The average Bonchev–Trinajstić information content (AvgIpc) is 2.99. The van der Waals surface area contributed by atoms with E-state index in [4.69, 9.17) is 0 Å². The summed E-state index contributed by atoms with van der Waals surface area (Å²) in [6.07, 6.45) is 1.85. The Bertz CT molecular complexity index is 581. The van der Waals surface area contributed by atoms with Crippen LogP contribution in [0, 0.1) is 6.92 Å². The normalized spacial score (nSPS) is 10.4. The van der Waals surface area contributed by atoms with Gasteiger partial charge in [-0.25, -0.2) is 4.98 Å². The van der Waals surface area contributed by atoms with Gasteiger partial charge in [0.1, 0.15) is 0 Å². The van der Waals surface area contributed by atoms with Crippen molar-refractivity contribution >= 4 is 22.9 Å². The third-order valence-corrected chi connectivity index (χ3v) is 3.84. The number of carbonyl (C=O) groups excluding carboxylic acids is 1. The number of amides is 1. The molecule has 0 aliphatic heterocycles. The Morgan fingerprint density at radius 1 is 1.33 bits per heavy atom. The van der Waals surface area contributed by atoms with Crippen LogP contribution in [0.2, 0.25) is 0 Å². The fraction of sp³-hybridized carbons (Fsp3) is 0.375. The molecule has 1 aromatic carbocycles. The Morgan fingerprint density at radius 3 is 2.86 bits per heavy atom. The molecule has 1 amide bonds. The molecular weight excluding hydrogens is 282 g/mol. The van der Waals surface area contributed by atoms with Crippen molar-refractivity contribution in [2.75, 3.05) is 18.4 Å².